The number of likely N-dealkylation sites (tertiary alicyclic amines) is 1. The van der Waals surface area contributed by atoms with Crippen LogP contribution < -0.4 is 0 Å². The molecule has 2 aromatic rings. The van der Waals surface area contributed by atoms with Gasteiger partial charge < -0.3 is 4.90 Å². The summed E-state index contributed by atoms with van der Waals surface area (Å²) in [5, 5.41) is 5.41. The number of benzene rings is 1. The molecule has 1 aromatic heterocycles. The average Bonchev–Trinajstić information content (AvgIpc) is 3.00. The summed E-state index contributed by atoms with van der Waals surface area (Å²) >= 11 is 6.14. The van der Waals surface area contributed by atoms with Crippen LogP contribution in [0.4, 0.5) is 0 Å². The van der Waals surface area contributed by atoms with Crippen molar-refractivity contribution in [3.05, 3.63) is 46.2 Å². The van der Waals surface area contributed by atoms with Gasteiger partial charge in [0.05, 0.1) is 22.6 Å². The van der Waals surface area contributed by atoms with Crippen molar-refractivity contribution in [2.75, 3.05) is 13.1 Å². The first-order valence-electron chi connectivity index (χ1n) is 8.81. The van der Waals surface area contributed by atoms with E-state index in [0.29, 0.717) is 5.02 Å². The van der Waals surface area contributed by atoms with Crippen molar-refractivity contribution in [2.24, 2.45) is 0 Å². The number of amides is 1. The lowest BCUT2D eigenvalue weighted by Crippen LogP contribution is -2.36. The molecule has 128 valence electrons. The summed E-state index contributed by atoms with van der Waals surface area (Å²) in [6.07, 6.45) is 4.91. The Morgan fingerprint density at radius 3 is 2.54 bits per heavy atom. The highest BCUT2D eigenvalue weighted by molar-refractivity contribution is 6.30. The average molecular weight is 346 g/mol. The van der Waals surface area contributed by atoms with Gasteiger partial charge in [0.2, 0.25) is 0 Å². The first kappa shape index (κ1) is 17.0. The van der Waals surface area contributed by atoms with Gasteiger partial charge in [-0.2, -0.15) is 5.10 Å². The molecule has 1 saturated heterocycles. The number of hydrogen-bond acceptors (Lipinski definition) is 2. The molecule has 1 aliphatic rings. The monoisotopic (exact) mass is 345 g/mol. The van der Waals surface area contributed by atoms with Gasteiger partial charge in [0.1, 0.15) is 0 Å². The molecule has 24 heavy (non-hydrogen) atoms. The normalized spacial score (nSPS) is 14.9. The first-order valence-corrected chi connectivity index (χ1v) is 9.19. The molecule has 5 heteroatoms. The lowest BCUT2D eigenvalue weighted by Gasteiger charge is -2.27. The maximum absolute atomic E-state index is 13.1. The zero-order valence-electron chi connectivity index (χ0n) is 14.4. The van der Waals surface area contributed by atoms with E-state index in [0.717, 1.165) is 61.4 Å². The van der Waals surface area contributed by atoms with Gasteiger partial charge >= 0.3 is 0 Å². The third kappa shape index (κ3) is 3.20. The Morgan fingerprint density at radius 1 is 1.17 bits per heavy atom. The van der Waals surface area contributed by atoms with Gasteiger partial charge in [0.25, 0.3) is 5.91 Å². The van der Waals surface area contributed by atoms with Crippen LogP contribution in [-0.2, 0) is 12.8 Å². The molecule has 1 aliphatic heterocycles. The third-order valence-corrected chi connectivity index (χ3v) is 4.87. The van der Waals surface area contributed by atoms with Gasteiger partial charge in [-0.05, 0) is 50.3 Å². The van der Waals surface area contributed by atoms with Gasteiger partial charge in [0, 0.05) is 18.1 Å². The number of rotatable bonds is 4. The molecule has 0 spiro atoms. The molecule has 2 heterocycles. The predicted molar refractivity (Wildman–Crippen MR) is 97.1 cm³/mol. The summed E-state index contributed by atoms with van der Waals surface area (Å²) in [6.45, 7) is 5.84. The molecule has 0 radical (unpaired) electrons. The van der Waals surface area contributed by atoms with E-state index in [1.165, 1.54) is 6.42 Å². The Bertz CT molecular complexity index is 732. The van der Waals surface area contributed by atoms with Crippen LogP contribution in [-0.4, -0.2) is 33.7 Å². The second-order valence-corrected chi connectivity index (χ2v) is 6.66. The summed E-state index contributed by atoms with van der Waals surface area (Å²) in [6, 6.07) is 7.63. The number of carbonyl (C=O) groups excluding carboxylic acids is 1. The van der Waals surface area contributed by atoms with Crippen molar-refractivity contribution in [3.63, 3.8) is 0 Å². The number of halogens is 1. The molecule has 1 amide bonds. The summed E-state index contributed by atoms with van der Waals surface area (Å²) in [5.41, 5.74) is 3.56. The van der Waals surface area contributed by atoms with Crippen LogP contribution >= 0.6 is 11.6 Å². The molecule has 1 fully saturated rings. The van der Waals surface area contributed by atoms with E-state index in [2.05, 4.69) is 13.8 Å². The standard InChI is InChI=1S/C19H24ClN3O/c1-3-16-18(19(24)22-11-6-5-7-12-22)17(4-2)23(21-16)15-10-8-9-14(20)13-15/h8-10,13H,3-7,11-12H2,1-2H3. The van der Waals surface area contributed by atoms with Crippen LogP contribution in [0.3, 0.4) is 0 Å². The Morgan fingerprint density at radius 2 is 1.92 bits per heavy atom. The minimum atomic E-state index is 0.136. The van der Waals surface area contributed by atoms with E-state index in [-0.39, 0.29) is 5.91 Å². The molecular weight excluding hydrogens is 322 g/mol. The molecule has 1 aromatic carbocycles. The Kier molecular flexibility index (Phi) is 5.24. The zero-order chi connectivity index (χ0) is 17.1. The SMILES string of the molecule is CCc1nn(-c2cccc(Cl)c2)c(CC)c1C(=O)N1CCCCC1. The number of hydrogen-bond donors (Lipinski definition) is 0. The highest BCUT2D eigenvalue weighted by atomic mass is 35.5. The number of nitrogens with zero attached hydrogens (tertiary/aromatic N) is 3. The minimum Gasteiger partial charge on any atom is -0.339 e. The summed E-state index contributed by atoms with van der Waals surface area (Å²) < 4.78 is 1.89. The second-order valence-electron chi connectivity index (χ2n) is 6.22. The van der Waals surface area contributed by atoms with Crippen LogP contribution in [0.25, 0.3) is 5.69 Å². The second kappa shape index (κ2) is 7.39. The van der Waals surface area contributed by atoms with Crippen molar-refractivity contribution in [2.45, 2.75) is 46.0 Å². The molecule has 0 bridgehead atoms. The Hall–Kier alpha value is -1.81. The van der Waals surface area contributed by atoms with Gasteiger partial charge in [-0.15, -0.1) is 0 Å². The van der Waals surface area contributed by atoms with Gasteiger partial charge in [-0.3, -0.25) is 4.79 Å². The zero-order valence-corrected chi connectivity index (χ0v) is 15.1. The molecule has 0 aliphatic carbocycles. The van der Waals surface area contributed by atoms with Crippen LogP contribution in [0.1, 0.15) is 54.9 Å². The summed E-state index contributed by atoms with van der Waals surface area (Å²) in [5.74, 6) is 0.136. The molecule has 0 saturated carbocycles. The van der Waals surface area contributed by atoms with Crippen molar-refractivity contribution in [3.8, 4) is 5.69 Å². The molecule has 0 unspecified atom stereocenters. The van der Waals surface area contributed by atoms with Gasteiger partial charge in [0.15, 0.2) is 0 Å². The fraction of sp³-hybridized carbons (Fsp3) is 0.474. The predicted octanol–water partition coefficient (Wildman–Crippen LogP) is 4.28. The van der Waals surface area contributed by atoms with E-state index in [4.69, 9.17) is 16.7 Å². The summed E-state index contributed by atoms with van der Waals surface area (Å²) in [7, 11) is 0. The lowest BCUT2D eigenvalue weighted by atomic mass is 10.0. The highest BCUT2D eigenvalue weighted by Gasteiger charge is 2.27. The molecule has 4 nitrogen and oxygen atoms in total. The highest BCUT2D eigenvalue weighted by Crippen LogP contribution is 2.24. The quantitative estimate of drug-likeness (QED) is 0.829. The smallest absolute Gasteiger partial charge is 0.257 e. The lowest BCUT2D eigenvalue weighted by molar-refractivity contribution is 0.0722. The van der Waals surface area contributed by atoms with E-state index in [9.17, 15) is 4.79 Å². The Labute approximate surface area is 148 Å². The van der Waals surface area contributed by atoms with Crippen molar-refractivity contribution < 1.29 is 4.79 Å². The van der Waals surface area contributed by atoms with Gasteiger partial charge in [-0.1, -0.05) is 31.5 Å². The van der Waals surface area contributed by atoms with Crippen molar-refractivity contribution in [1.82, 2.24) is 14.7 Å². The summed E-state index contributed by atoms with van der Waals surface area (Å²) in [4.78, 5) is 15.1. The molecule has 3 rings (SSSR count). The number of carbonyl (C=O) groups is 1. The van der Waals surface area contributed by atoms with Crippen LogP contribution in [0, 0.1) is 0 Å². The molecule has 0 N–H and O–H groups in total. The largest absolute Gasteiger partial charge is 0.339 e. The van der Waals surface area contributed by atoms with E-state index >= 15 is 0 Å². The fourth-order valence-electron chi connectivity index (χ4n) is 3.40. The third-order valence-electron chi connectivity index (χ3n) is 4.63. The topological polar surface area (TPSA) is 38.1 Å². The number of piperidine rings is 1. The fourth-order valence-corrected chi connectivity index (χ4v) is 3.59. The van der Waals surface area contributed by atoms with Crippen LogP contribution in [0.2, 0.25) is 5.02 Å². The maximum atomic E-state index is 13.1. The molecular formula is C19H24ClN3O. The Balaban J connectivity index is 2.06. The van der Waals surface area contributed by atoms with E-state index < -0.39 is 0 Å². The van der Waals surface area contributed by atoms with E-state index in [1.807, 2.05) is 33.8 Å². The maximum Gasteiger partial charge on any atom is 0.257 e. The van der Waals surface area contributed by atoms with Crippen LogP contribution in [0.15, 0.2) is 24.3 Å². The van der Waals surface area contributed by atoms with Crippen molar-refractivity contribution >= 4 is 17.5 Å². The number of aromatic nitrogens is 2. The minimum absolute atomic E-state index is 0.136. The van der Waals surface area contributed by atoms with Crippen molar-refractivity contribution in [1.29, 1.82) is 0 Å². The van der Waals surface area contributed by atoms with E-state index in [1.54, 1.807) is 0 Å². The molecule has 0 atom stereocenters. The van der Waals surface area contributed by atoms with Gasteiger partial charge in [-0.25, -0.2) is 4.68 Å². The van der Waals surface area contributed by atoms with Crippen LogP contribution in [0.5, 0.6) is 0 Å². The first-order chi connectivity index (χ1) is 11.7. The number of aryl methyl sites for hydroxylation is 1.